The van der Waals surface area contributed by atoms with Crippen molar-refractivity contribution in [3.05, 3.63) is 41.0 Å². The zero-order chi connectivity index (χ0) is 19.9. The lowest BCUT2D eigenvalue weighted by Gasteiger charge is -2.35. The van der Waals surface area contributed by atoms with Crippen LogP contribution in [0.3, 0.4) is 0 Å². The van der Waals surface area contributed by atoms with Gasteiger partial charge in [0.05, 0.1) is 16.8 Å². The molecular weight excluding hydrogens is 389 g/mol. The SMILES string of the molecule is CC[C@H]1CCCCN1C(=O)c1cnn2c(C(F)(F)F)cc(-c3cccs3)nc12. The molecule has 0 saturated carbocycles. The Balaban J connectivity index is 1.86. The van der Waals surface area contributed by atoms with Crippen molar-refractivity contribution < 1.29 is 18.0 Å². The minimum Gasteiger partial charge on any atom is -0.336 e. The normalized spacial score (nSPS) is 18.0. The summed E-state index contributed by atoms with van der Waals surface area (Å²) in [6.45, 7) is 2.62. The fourth-order valence-electron chi connectivity index (χ4n) is 3.71. The first-order valence-corrected chi connectivity index (χ1v) is 10.1. The Kier molecular flexibility index (Phi) is 4.86. The minimum atomic E-state index is -4.61. The molecule has 0 aliphatic carbocycles. The highest BCUT2D eigenvalue weighted by Gasteiger charge is 2.37. The van der Waals surface area contributed by atoms with Gasteiger partial charge in [0.1, 0.15) is 5.56 Å². The van der Waals surface area contributed by atoms with Gasteiger partial charge >= 0.3 is 6.18 Å². The van der Waals surface area contributed by atoms with E-state index < -0.39 is 11.9 Å². The molecule has 1 aliphatic heterocycles. The van der Waals surface area contributed by atoms with Crippen LogP contribution in [0.2, 0.25) is 0 Å². The van der Waals surface area contributed by atoms with Crippen molar-refractivity contribution >= 4 is 22.9 Å². The second-order valence-corrected chi connectivity index (χ2v) is 7.80. The van der Waals surface area contributed by atoms with Crippen molar-refractivity contribution in [2.75, 3.05) is 6.54 Å². The average molecular weight is 408 g/mol. The maximum absolute atomic E-state index is 13.6. The number of halogens is 3. The molecule has 5 nitrogen and oxygen atoms in total. The highest BCUT2D eigenvalue weighted by Crippen LogP contribution is 2.34. The zero-order valence-corrected chi connectivity index (χ0v) is 16.1. The number of hydrogen-bond donors (Lipinski definition) is 0. The molecule has 1 amide bonds. The van der Waals surface area contributed by atoms with Crippen LogP contribution in [-0.4, -0.2) is 38.0 Å². The van der Waals surface area contributed by atoms with E-state index in [1.807, 2.05) is 6.92 Å². The number of fused-ring (bicyclic) bond motifs is 1. The molecule has 1 atom stereocenters. The Labute approximate surface area is 163 Å². The lowest BCUT2D eigenvalue weighted by molar-refractivity contribution is -0.142. The van der Waals surface area contributed by atoms with Gasteiger partial charge < -0.3 is 4.90 Å². The van der Waals surface area contributed by atoms with Gasteiger partial charge in [-0.3, -0.25) is 4.79 Å². The number of carbonyl (C=O) groups is 1. The molecule has 9 heteroatoms. The van der Waals surface area contributed by atoms with E-state index in [-0.39, 0.29) is 28.9 Å². The van der Waals surface area contributed by atoms with Gasteiger partial charge in [-0.2, -0.15) is 18.3 Å². The Morgan fingerprint density at radius 1 is 1.36 bits per heavy atom. The smallest absolute Gasteiger partial charge is 0.336 e. The second kappa shape index (κ2) is 7.20. The third-order valence-electron chi connectivity index (χ3n) is 5.13. The number of thiophene rings is 1. The van der Waals surface area contributed by atoms with E-state index in [2.05, 4.69) is 10.1 Å². The molecule has 0 unspecified atom stereocenters. The van der Waals surface area contributed by atoms with Crippen molar-refractivity contribution in [3.63, 3.8) is 0 Å². The summed E-state index contributed by atoms with van der Waals surface area (Å²) >= 11 is 1.30. The molecule has 3 aromatic heterocycles. The maximum atomic E-state index is 13.6. The van der Waals surface area contributed by atoms with Crippen LogP contribution in [0.15, 0.2) is 29.8 Å². The van der Waals surface area contributed by atoms with Gasteiger partial charge in [0.25, 0.3) is 5.91 Å². The molecule has 4 heterocycles. The van der Waals surface area contributed by atoms with Crippen LogP contribution in [0, 0.1) is 0 Å². The number of nitrogens with zero attached hydrogens (tertiary/aromatic N) is 4. The summed E-state index contributed by atoms with van der Waals surface area (Å²) in [5, 5.41) is 5.64. The second-order valence-electron chi connectivity index (χ2n) is 6.85. The average Bonchev–Trinajstić information content (AvgIpc) is 3.35. The van der Waals surface area contributed by atoms with Gasteiger partial charge in [0.2, 0.25) is 0 Å². The Hall–Kier alpha value is -2.42. The van der Waals surface area contributed by atoms with Crippen LogP contribution >= 0.6 is 11.3 Å². The first-order valence-electron chi connectivity index (χ1n) is 9.21. The summed E-state index contributed by atoms with van der Waals surface area (Å²) in [7, 11) is 0. The predicted molar refractivity (Wildman–Crippen MR) is 100 cm³/mol. The highest BCUT2D eigenvalue weighted by molar-refractivity contribution is 7.13. The third-order valence-corrected chi connectivity index (χ3v) is 6.02. The molecule has 148 valence electrons. The van der Waals surface area contributed by atoms with Crippen LogP contribution in [0.25, 0.3) is 16.2 Å². The van der Waals surface area contributed by atoms with E-state index in [1.54, 1.807) is 22.4 Å². The summed E-state index contributed by atoms with van der Waals surface area (Å²) in [4.78, 5) is 19.9. The predicted octanol–water partition coefficient (Wildman–Crippen LogP) is 4.88. The minimum absolute atomic E-state index is 0.0522. The summed E-state index contributed by atoms with van der Waals surface area (Å²) in [6.07, 6.45) is 0.255. The molecule has 0 aromatic carbocycles. The van der Waals surface area contributed by atoms with E-state index in [0.717, 1.165) is 36.3 Å². The van der Waals surface area contributed by atoms with Gasteiger partial charge in [-0.1, -0.05) is 13.0 Å². The summed E-state index contributed by atoms with van der Waals surface area (Å²) < 4.78 is 41.7. The first kappa shape index (κ1) is 18.9. The van der Waals surface area contributed by atoms with Crippen molar-refractivity contribution in [1.29, 1.82) is 0 Å². The van der Waals surface area contributed by atoms with E-state index in [0.29, 0.717) is 11.4 Å². The number of aromatic nitrogens is 3. The molecule has 1 fully saturated rings. The molecule has 0 bridgehead atoms. The van der Waals surface area contributed by atoms with Crippen LogP contribution in [-0.2, 0) is 6.18 Å². The number of carbonyl (C=O) groups excluding carboxylic acids is 1. The number of alkyl halides is 3. The topological polar surface area (TPSA) is 50.5 Å². The van der Waals surface area contributed by atoms with E-state index >= 15 is 0 Å². The van der Waals surface area contributed by atoms with E-state index in [1.165, 1.54) is 17.5 Å². The Bertz CT molecular complexity index is 997. The van der Waals surface area contributed by atoms with Gasteiger partial charge in [0.15, 0.2) is 11.3 Å². The van der Waals surface area contributed by atoms with Gasteiger partial charge in [-0.15, -0.1) is 11.3 Å². The number of hydrogen-bond acceptors (Lipinski definition) is 4. The summed E-state index contributed by atoms with van der Waals surface area (Å²) in [5.74, 6) is -0.300. The number of piperidine rings is 1. The highest BCUT2D eigenvalue weighted by atomic mass is 32.1. The number of rotatable bonds is 3. The molecule has 28 heavy (non-hydrogen) atoms. The summed E-state index contributed by atoms with van der Waals surface area (Å²) in [5.41, 5.74) is -0.686. The summed E-state index contributed by atoms with van der Waals surface area (Å²) in [6, 6.07) is 4.54. The van der Waals surface area contributed by atoms with E-state index in [4.69, 9.17) is 0 Å². The molecule has 1 aliphatic rings. The van der Waals surface area contributed by atoms with Gasteiger partial charge in [0, 0.05) is 12.6 Å². The number of amides is 1. The van der Waals surface area contributed by atoms with Crippen LogP contribution in [0.5, 0.6) is 0 Å². The van der Waals surface area contributed by atoms with Gasteiger partial charge in [-0.05, 0) is 43.2 Å². The molecule has 0 spiro atoms. The molecule has 0 N–H and O–H groups in total. The van der Waals surface area contributed by atoms with Crippen LogP contribution in [0.1, 0.15) is 48.7 Å². The quantitative estimate of drug-likeness (QED) is 0.621. The first-order chi connectivity index (χ1) is 13.4. The fraction of sp³-hybridized carbons (Fsp3) is 0.421. The van der Waals surface area contributed by atoms with Crippen molar-refractivity contribution in [3.8, 4) is 10.6 Å². The fourth-order valence-corrected chi connectivity index (χ4v) is 4.40. The monoisotopic (exact) mass is 408 g/mol. The van der Waals surface area contributed by atoms with Crippen molar-refractivity contribution in [2.45, 2.75) is 44.8 Å². The third kappa shape index (κ3) is 3.28. The lowest BCUT2D eigenvalue weighted by Crippen LogP contribution is -2.43. The molecule has 4 rings (SSSR count). The Morgan fingerprint density at radius 2 is 2.18 bits per heavy atom. The van der Waals surface area contributed by atoms with Gasteiger partial charge in [-0.25, -0.2) is 9.50 Å². The lowest BCUT2D eigenvalue weighted by atomic mass is 9.99. The molecule has 0 radical (unpaired) electrons. The number of likely N-dealkylation sites (tertiary alicyclic amines) is 1. The standard InChI is InChI=1S/C19H19F3N4OS/c1-2-12-6-3-4-8-25(12)18(27)13-11-23-26-16(19(20,21)22)10-14(24-17(13)26)15-7-5-9-28-15/h5,7,9-12H,2-4,6,8H2,1H3/t12-/m0/s1. The largest absolute Gasteiger partial charge is 0.433 e. The zero-order valence-electron chi connectivity index (χ0n) is 15.2. The van der Waals surface area contributed by atoms with E-state index in [9.17, 15) is 18.0 Å². The van der Waals surface area contributed by atoms with Crippen LogP contribution in [0.4, 0.5) is 13.2 Å². The van der Waals surface area contributed by atoms with Crippen LogP contribution < -0.4 is 0 Å². The maximum Gasteiger partial charge on any atom is 0.433 e. The Morgan fingerprint density at radius 3 is 2.86 bits per heavy atom. The van der Waals surface area contributed by atoms with Crippen molar-refractivity contribution in [2.24, 2.45) is 0 Å². The van der Waals surface area contributed by atoms with Crippen molar-refractivity contribution in [1.82, 2.24) is 19.5 Å². The molecular formula is C19H19F3N4OS. The molecule has 3 aromatic rings. The molecule has 1 saturated heterocycles.